The number of amides is 1. The third-order valence-electron chi connectivity index (χ3n) is 4.35. The Kier molecular flexibility index (Phi) is 5.47. The third-order valence-corrected chi connectivity index (χ3v) is 4.71. The molecule has 1 aliphatic rings. The molecule has 0 saturated carbocycles. The van der Waals surface area contributed by atoms with Gasteiger partial charge in [-0.1, -0.05) is 30.3 Å². The number of benzene rings is 2. The average molecular weight is 392 g/mol. The lowest BCUT2D eigenvalue weighted by molar-refractivity contribution is -0.384. The summed E-state index contributed by atoms with van der Waals surface area (Å²) in [6.07, 6.45) is 0. The summed E-state index contributed by atoms with van der Waals surface area (Å²) in [5.41, 5.74) is 2.00. The molecule has 0 spiro atoms. The molecule has 0 bridgehead atoms. The largest absolute Gasteiger partial charge is 0.353 e. The molecule has 1 heterocycles. The fourth-order valence-corrected chi connectivity index (χ4v) is 3.45. The number of allylic oxidation sites excluding steroid dienone is 2. The molecular weight excluding hydrogens is 376 g/mol. The van der Waals surface area contributed by atoms with E-state index in [1.807, 2.05) is 6.07 Å². The number of rotatable bonds is 4. The van der Waals surface area contributed by atoms with Crippen LogP contribution in [0.2, 0.25) is 0 Å². The summed E-state index contributed by atoms with van der Waals surface area (Å²) in [6.45, 7) is 1.70. The molecule has 7 nitrogen and oxygen atoms in total. The molecule has 140 valence electrons. The van der Waals surface area contributed by atoms with E-state index in [9.17, 15) is 20.2 Å². The van der Waals surface area contributed by atoms with Gasteiger partial charge in [0, 0.05) is 29.1 Å². The standard InChI is InChI=1S/C20H16N4O3S/c1-12-17(19(25)23-14-7-3-2-4-8-14)18(16(11-21)20(28)22-12)13-6-5-9-15(10-13)24(26)27/h2-10,18,22,28H,1H3,(H,23,25)/t18-/m0/s1. The number of thiol groups is 1. The fourth-order valence-electron chi connectivity index (χ4n) is 3.10. The van der Waals surface area contributed by atoms with Gasteiger partial charge >= 0.3 is 0 Å². The molecule has 2 aromatic carbocycles. The third kappa shape index (κ3) is 3.75. The summed E-state index contributed by atoms with van der Waals surface area (Å²) in [5.74, 6) is -1.18. The first-order valence-electron chi connectivity index (χ1n) is 8.34. The SMILES string of the molecule is CC1=C(C(=O)Nc2ccccc2)[C@@H](c2cccc([N+](=O)[O-])c2)C(C#N)=C(S)N1. The van der Waals surface area contributed by atoms with Gasteiger partial charge in [-0.2, -0.15) is 5.26 Å². The van der Waals surface area contributed by atoms with Crippen molar-refractivity contribution >= 4 is 29.9 Å². The summed E-state index contributed by atoms with van der Waals surface area (Å²) in [4.78, 5) is 23.7. The van der Waals surface area contributed by atoms with Crippen LogP contribution in [0.4, 0.5) is 11.4 Å². The zero-order valence-electron chi connectivity index (χ0n) is 14.8. The van der Waals surface area contributed by atoms with Gasteiger partial charge in [-0.05, 0) is 24.6 Å². The van der Waals surface area contributed by atoms with E-state index in [1.165, 1.54) is 18.2 Å². The Bertz CT molecular complexity index is 1050. The molecule has 0 radical (unpaired) electrons. The highest BCUT2D eigenvalue weighted by Gasteiger charge is 2.34. The number of nitro benzene ring substituents is 1. The molecule has 8 heteroatoms. The van der Waals surface area contributed by atoms with Crippen molar-refractivity contribution < 1.29 is 9.72 Å². The molecule has 2 N–H and O–H groups in total. The minimum absolute atomic E-state index is 0.116. The van der Waals surface area contributed by atoms with E-state index in [2.05, 4.69) is 29.3 Å². The minimum Gasteiger partial charge on any atom is -0.353 e. The number of nitrogens with zero attached hydrogens (tertiary/aromatic N) is 2. The number of hydrogen-bond acceptors (Lipinski definition) is 6. The lowest BCUT2D eigenvalue weighted by atomic mass is 9.82. The van der Waals surface area contributed by atoms with Crippen molar-refractivity contribution in [2.45, 2.75) is 12.8 Å². The highest BCUT2D eigenvalue weighted by Crippen LogP contribution is 2.39. The summed E-state index contributed by atoms with van der Waals surface area (Å²) in [5, 5.41) is 26.9. The summed E-state index contributed by atoms with van der Waals surface area (Å²) in [6, 6.07) is 16.9. The quantitative estimate of drug-likeness (QED) is 0.416. The first kappa shape index (κ1) is 19.2. The van der Waals surface area contributed by atoms with Crippen LogP contribution in [-0.2, 0) is 4.79 Å². The number of carbonyl (C=O) groups excluding carboxylic acids is 1. The number of nitrogens with one attached hydrogen (secondary N) is 2. The van der Waals surface area contributed by atoms with Crippen molar-refractivity contribution in [3.05, 3.63) is 92.1 Å². The van der Waals surface area contributed by atoms with Crippen LogP contribution in [0.5, 0.6) is 0 Å². The van der Waals surface area contributed by atoms with E-state index in [0.717, 1.165) is 0 Å². The van der Waals surface area contributed by atoms with Crippen LogP contribution in [0.25, 0.3) is 0 Å². The molecule has 28 heavy (non-hydrogen) atoms. The number of nitro groups is 1. The van der Waals surface area contributed by atoms with Gasteiger partial charge in [-0.15, -0.1) is 12.6 Å². The maximum absolute atomic E-state index is 13.0. The molecule has 1 atom stereocenters. The predicted molar refractivity (Wildman–Crippen MR) is 108 cm³/mol. The first-order valence-corrected chi connectivity index (χ1v) is 8.79. The summed E-state index contributed by atoms with van der Waals surface area (Å²) < 4.78 is 0. The zero-order valence-corrected chi connectivity index (χ0v) is 15.7. The second-order valence-corrected chi connectivity index (χ2v) is 6.59. The molecule has 0 saturated heterocycles. The Balaban J connectivity index is 2.09. The number of non-ortho nitro benzene ring substituents is 1. The number of nitriles is 1. The Morgan fingerprint density at radius 3 is 2.61 bits per heavy atom. The highest BCUT2D eigenvalue weighted by atomic mass is 32.1. The van der Waals surface area contributed by atoms with Gasteiger partial charge in [-0.25, -0.2) is 0 Å². The van der Waals surface area contributed by atoms with Gasteiger partial charge in [0.2, 0.25) is 0 Å². The van der Waals surface area contributed by atoms with Gasteiger partial charge in [0.15, 0.2) is 0 Å². The van der Waals surface area contributed by atoms with Gasteiger partial charge in [0.1, 0.15) is 0 Å². The maximum Gasteiger partial charge on any atom is 0.269 e. The van der Waals surface area contributed by atoms with Crippen molar-refractivity contribution in [2.24, 2.45) is 0 Å². The molecule has 1 aliphatic heterocycles. The normalized spacial score (nSPS) is 16.2. The van der Waals surface area contributed by atoms with Crippen LogP contribution in [0.15, 0.2) is 76.5 Å². The molecule has 3 rings (SSSR count). The molecule has 1 amide bonds. The smallest absolute Gasteiger partial charge is 0.269 e. The van der Waals surface area contributed by atoms with E-state index >= 15 is 0 Å². The predicted octanol–water partition coefficient (Wildman–Crippen LogP) is 3.86. The fraction of sp³-hybridized carbons (Fsp3) is 0.100. The number of carbonyl (C=O) groups is 1. The van der Waals surface area contributed by atoms with Gasteiger partial charge in [0.05, 0.1) is 27.5 Å². The average Bonchev–Trinajstić information content (AvgIpc) is 2.68. The first-order chi connectivity index (χ1) is 13.4. The molecule has 0 fully saturated rings. The second kappa shape index (κ2) is 7.98. The van der Waals surface area contributed by atoms with Crippen molar-refractivity contribution in [1.82, 2.24) is 5.32 Å². The van der Waals surface area contributed by atoms with Crippen LogP contribution in [-0.4, -0.2) is 10.8 Å². The number of dihydropyridines is 1. The van der Waals surface area contributed by atoms with Crippen LogP contribution >= 0.6 is 12.6 Å². The van der Waals surface area contributed by atoms with Gasteiger partial charge in [-0.3, -0.25) is 14.9 Å². The highest BCUT2D eigenvalue weighted by molar-refractivity contribution is 7.84. The van der Waals surface area contributed by atoms with Crippen LogP contribution in [0, 0.1) is 21.4 Å². The van der Waals surface area contributed by atoms with E-state index < -0.39 is 16.7 Å². The minimum atomic E-state index is -0.776. The van der Waals surface area contributed by atoms with Crippen molar-refractivity contribution in [3.63, 3.8) is 0 Å². The van der Waals surface area contributed by atoms with Crippen molar-refractivity contribution in [3.8, 4) is 6.07 Å². The van der Waals surface area contributed by atoms with Crippen LogP contribution in [0.3, 0.4) is 0 Å². The molecule has 0 aliphatic carbocycles. The topological polar surface area (TPSA) is 108 Å². The van der Waals surface area contributed by atoms with Crippen molar-refractivity contribution in [1.29, 1.82) is 5.26 Å². The Hall–Kier alpha value is -3.57. The molecule has 0 aromatic heterocycles. The number of anilines is 1. The number of hydrogen-bond donors (Lipinski definition) is 3. The molecule has 0 unspecified atom stereocenters. The maximum atomic E-state index is 13.0. The van der Waals surface area contributed by atoms with Gasteiger partial charge in [0.25, 0.3) is 11.6 Å². The number of para-hydroxylation sites is 1. The molecule has 2 aromatic rings. The van der Waals surface area contributed by atoms with Crippen LogP contribution < -0.4 is 10.6 Å². The monoisotopic (exact) mass is 392 g/mol. The molecular formula is C20H16N4O3S. The summed E-state index contributed by atoms with van der Waals surface area (Å²) in [7, 11) is 0. The zero-order chi connectivity index (χ0) is 20.3. The lowest BCUT2D eigenvalue weighted by Gasteiger charge is -2.28. The Labute approximate surface area is 166 Å². The lowest BCUT2D eigenvalue weighted by Crippen LogP contribution is -2.30. The van der Waals surface area contributed by atoms with Gasteiger partial charge < -0.3 is 10.6 Å². The summed E-state index contributed by atoms with van der Waals surface area (Å²) >= 11 is 4.33. The van der Waals surface area contributed by atoms with E-state index in [-0.39, 0.29) is 11.3 Å². The van der Waals surface area contributed by atoms with E-state index in [0.29, 0.717) is 27.6 Å². The Morgan fingerprint density at radius 1 is 1.25 bits per heavy atom. The second-order valence-electron chi connectivity index (χ2n) is 6.14. The van der Waals surface area contributed by atoms with Crippen LogP contribution in [0.1, 0.15) is 18.4 Å². The van der Waals surface area contributed by atoms with Crippen molar-refractivity contribution in [2.75, 3.05) is 5.32 Å². The van der Waals surface area contributed by atoms with E-state index in [1.54, 1.807) is 37.3 Å². The van der Waals surface area contributed by atoms with E-state index in [4.69, 9.17) is 0 Å². The Morgan fingerprint density at radius 2 is 1.96 bits per heavy atom.